The molecule has 0 aromatic heterocycles. The Morgan fingerprint density at radius 3 is 2.25 bits per heavy atom. The van der Waals surface area contributed by atoms with Crippen LogP contribution in [0.3, 0.4) is 0 Å². The minimum atomic E-state index is 0.593. The van der Waals surface area contributed by atoms with Gasteiger partial charge in [0.1, 0.15) is 0 Å². The van der Waals surface area contributed by atoms with Crippen molar-refractivity contribution in [3.8, 4) is 0 Å². The number of benzene rings is 1. The molecule has 16 heavy (non-hydrogen) atoms. The van der Waals surface area contributed by atoms with Crippen LogP contribution in [0.1, 0.15) is 51.8 Å². The van der Waals surface area contributed by atoms with Crippen molar-refractivity contribution in [3.63, 3.8) is 0 Å². The average Bonchev–Trinajstić information content (AvgIpc) is 2.39. The molecule has 0 bridgehead atoms. The van der Waals surface area contributed by atoms with Crippen LogP contribution >= 0.6 is 0 Å². The Labute approximate surface area is 101 Å². The van der Waals surface area contributed by atoms with Gasteiger partial charge in [-0.25, -0.2) is 0 Å². The molecule has 1 aliphatic rings. The first-order valence-electron chi connectivity index (χ1n) is 6.57. The van der Waals surface area contributed by atoms with Gasteiger partial charge in [-0.05, 0) is 31.5 Å². The summed E-state index contributed by atoms with van der Waals surface area (Å²) in [6.07, 6.45) is 1.21. The van der Waals surface area contributed by atoms with Crippen molar-refractivity contribution >= 4 is 0 Å². The Morgan fingerprint density at radius 1 is 1.06 bits per heavy atom. The Bertz CT molecular complexity index is 281. The summed E-state index contributed by atoms with van der Waals surface area (Å²) < 4.78 is 0. The summed E-state index contributed by atoms with van der Waals surface area (Å²) in [7, 11) is 2.20. The van der Waals surface area contributed by atoms with Crippen LogP contribution in [0.5, 0.6) is 0 Å². The molecule has 1 aliphatic heterocycles. The van der Waals surface area contributed by atoms with Crippen molar-refractivity contribution in [3.05, 3.63) is 35.4 Å². The van der Waals surface area contributed by atoms with Gasteiger partial charge in [0.15, 0.2) is 0 Å². The number of likely N-dealkylation sites (N-methyl/N-ethyl adjacent to an activating group) is 1. The molecule has 0 radical (unpaired) electrons. The van der Waals surface area contributed by atoms with Crippen LogP contribution in [0.15, 0.2) is 24.3 Å². The number of hydrogen-bond donors (Lipinski definition) is 0. The molecule has 2 rings (SSSR count). The summed E-state index contributed by atoms with van der Waals surface area (Å²) in [5, 5.41) is 0. The Morgan fingerprint density at radius 2 is 1.62 bits per heavy atom. The largest absolute Gasteiger partial charge is 0.299 e. The third-order valence-electron chi connectivity index (χ3n) is 2.90. The summed E-state index contributed by atoms with van der Waals surface area (Å²) in [6.45, 7) is 11.5. The van der Waals surface area contributed by atoms with E-state index >= 15 is 0 Å². The molecule has 0 fully saturated rings. The summed E-state index contributed by atoms with van der Waals surface area (Å²) >= 11 is 0. The van der Waals surface area contributed by atoms with Crippen molar-refractivity contribution in [1.29, 1.82) is 0 Å². The highest BCUT2D eigenvalue weighted by atomic mass is 15.1. The highest BCUT2D eigenvalue weighted by molar-refractivity contribution is 5.31. The molecule has 1 unspecified atom stereocenters. The predicted octanol–water partition coefficient (Wildman–Crippen LogP) is 4.29. The molecule has 0 saturated carbocycles. The fourth-order valence-corrected chi connectivity index (χ4v) is 1.90. The van der Waals surface area contributed by atoms with E-state index in [4.69, 9.17) is 0 Å². The number of hydrogen-bond acceptors (Lipinski definition) is 1. The predicted molar refractivity (Wildman–Crippen MR) is 73.9 cm³/mol. The van der Waals surface area contributed by atoms with Gasteiger partial charge < -0.3 is 0 Å². The van der Waals surface area contributed by atoms with E-state index in [9.17, 15) is 0 Å². The van der Waals surface area contributed by atoms with Crippen LogP contribution in [-0.4, -0.2) is 18.5 Å². The van der Waals surface area contributed by atoms with Crippen molar-refractivity contribution in [1.82, 2.24) is 4.90 Å². The second kappa shape index (κ2) is 8.35. The number of fused-ring (bicyclic) bond motifs is 1. The third-order valence-corrected chi connectivity index (χ3v) is 2.90. The molecular formula is C15H27N. The van der Waals surface area contributed by atoms with E-state index in [1.807, 2.05) is 27.7 Å². The zero-order valence-corrected chi connectivity index (χ0v) is 11.7. The fraction of sp³-hybridized carbons (Fsp3) is 0.600. The molecule has 1 aromatic rings. The van der Waals surface area contributed by atoms with Crippen LogP contribution in [0.25, 0.3) is 0 Å². The molecule has 0 amide bonds. The first kappa shape index (κ1) is 15.2. The zero-order valence-electron chi connectivity index (χ0n) is 11.7. The quantitative estimate of drug-likeness (QED) is 0.632. The Hall–Kier alpha value is -0.820. The van der Waals surface area contributed by atoms with Gasteiger partial charge in [0.2, 0.25) is 0 Å². The second-order valence-electron chi connectivity index (χ2n) is 3.61. The molecular weight excluding hydrogens is 194 g/mol. The van der Waals surface area contributed by atoms with Crippen molar-refractivity contribution in [2.75, 3.05) is 13.6 Å². The van der Waals surface area contributed by atoms with Gasteiger partial charge in [-0.2, -0.15) is 0 Å². The standard InChI is InChI=1S/C11H15N.2C2H6/c1-9-11-6-4-3-5-10(11)7-8-12(9)2;2*1-2/h3-6,9H,7-8H2,1-2H3;2*1-2H3. The fourth-order valence-electron chi connectivity index (χ4n) is 1.90. The highest BCUT2D eigenvalue weighted by Gasteiger charge is 2.19. The lowest BCUT2D eigenvalue weighted by Crippen LogP contribution is -2.30. The third kappa shape index (κ3) is 3.64. The second-order valence-corrected chi connectivity index (χ2v) is 3.61. The summed E-state index contributed by atoms with van der Waals surface area (Å²) in [4.78, 5) is 2.41. The molecule has 0 N–H and O–H groups in total. The Kier molecular flexibility index (Phi) is 7.92. The average molecular weight is 221 g/mol. The summed E-state index contributed by atoms with van der Waals surface area (Å²) in [5.41, 5.74) is 3.04. The molecule has 0 spiro atoms. The van der Waals surface area contributed by atoms with Crippen molar-refractivity contribution in [2.45, 2.75) is 47.1 Å². The molecule has 1 heteroatoms. The monoisotopic (exact) mass is 221 g/mol. The van der Waals surface area contributed by atoms with Gasteiger partial charge >= 0.3 is 0 Å². The molecule has 1 heterocycles. The van der Waals surface area contributed by atoms with Gasteiger partial charge in [-0.3, -0.25) is 4.90 Å². The molecule has 0 saturated heterocycles. The summed E-state index contributed by atoms with van der Waals surface area (Å²) in [6, 6.07) is 9.36. The first-order chi connectivity index (χ1) is 7.79. The van der Waals surface area contributed by atoms with Crippen LogP contribution in [0, 0.1) is 0 Å². The molecule has 1 atom stereocenters. The first-order valence-corrected chi connectivity index (χ1v) is 6.57. The van der Waals surface area contributed by atoms with E-state index in [2.05, 4.69) is 43.1 Å². The van der Waals surface area contributed by atoms with Crippen LogP contribution in [0.4, 0.5) is 0 Å². The molecule has 0 aliphatic carbocycles. The maximum absolute atomic E-state index is 2.41. The molecule has 1 aromatic carbocycles. The zero-order chi connectivity index (χ0) is 12.6. The Balaban J connectivity index is 0.000000509. The smallest absolute Gasteiger partial charge is 0.0319 e. The van der Waals surface area contributed by atoms with Gasteiger partial charge in [-0.1, -0.05) is 52.0 Å². The van der Waals surface area contributed by atoms with E-state index in [1.54, 1.807) is 0 Å². The minimum absolute atomic E-state index is 0.593. The van der Waals surface area contributed by atoms with Crippen LogP contribution in [-0.2, 0) is 6.42 Å². The maximum Gasteiger partial charge on any atom is 0.0319 e. The van der Waals surface area contributed by atoms with Gasteiger partial charge in [0.05, 0.1) is 0 Å². The summed E-state index contributed by atoms with van der Waals surface area (Å²) in [5.74, 6) is 0. The number of rotatable bonds is 0. The van der Waals surface area contributed by atoms with Crippen LogP contribution < -0.4 is 0 Å². The molecule has 1 nitrogen and oxygen atoms in total. The molecule has 92 valence electrons. The number of nitrogens with zero attached hydrogens (tertiary/aromatic N) is 1. The highest BCUT2D eigenvalue weighted by Crippen LogP contribution is 2.27. The van der Waals surface area contributed by atoms with Gasteiger partial charge in [0, 0.05) is 12.6 Å². The van der Waals surface area contributed by atoms with Gasteiger partial charge in [0.25, 0.3) is 0 Å². The lowest BCUT2D eigenvalue weighted by molar-refractivity contribution is 0.247. The van der Waals surface area contributed by atoms with Crippen molar-refractivity contribution in [2.24, 2.45) is 0 Å². The van der Waals surface area contributed by atoms with Crippen molar-refractivity contribution < 1.29 is 0 Å². The lowest BCUT2D eigenvalue weighted by Gasteiger charge is -2.31. The minimum Gasteiger partial charge on any atom is -0.299 e. The van der Waals surface area contributed by atoms with E-state index in [-0.39, 0.29) is 0 Å². The van der Waals surface area contributed by atoms with E-state index in [0.29, 0.717) is 6.04 Å². The lowest BCUT2D eigenvalue weighted by atomic mass is 9.94. The van der Waals surface area contributed by atoms with E-state index in [0.717, 1.165) is 0 Å². The van der Waals surface area contributed by atoms with E-state index < -0.39 is 0 Å². The maximum atomic E-state index is 2.41. The SMILES string of the molecule is CC.CC.CC1c2ccccc2CCN1C. The normalized spacial score (nSPS) is 18.5. The topological polar surface area (TPSA) is 3.24 Å². The van der Waals surface area contributed by atoms with Gasteiger partial charge in [-0.15, -0.1) is 0 Å². The van der Waals surface area contributed by atoms with E-state index in [1.165, 1.54) is 24.1 Å². The van der Waals surface area contributed by atoms with Crippen LogP contribution in [0.2, 0.25) is 0 Å².